The van der Waals surface area contributed by atoms with Crippen molar-refractivity contribution < 1.29 is 8.91 Å². The van der Waals surface area contributed by atoms with Gasteiger partial charge in [0.1, 0.15) is 5.82 Å². The van der Waals surface area contributed by atoms with Gasteiger partial charge in [-0.2, -0.15) is 4.98 Å². The molecule has 0 radical (unpaired) electrons. The summed E-state index contributed by atoms with van der Waals surface area (Å²) in [5.41, 5.74) is 6.31. The molecule has 1 aromatic carbocycles. The lowest BCUT2D eigenvalue weighted by atomic mass is 10.2. The van der Waals surface area contributed by atoms with Crippen LogP contribution in [0.3, 0.4) is 0 Å². The van der Waals surface area contributed by atoms with E-state index >= 15 is 0 Å². The summed E-state index contributed by atoms with van der Waals surface area (Å²) in [5, 5.41) is 3.81. The van der Waals surface area contributed by atoms with Gasteiger partial charge in [0.25, 0.3) is 5.89 Å². The smallest absolute Gasteiger partial charge is 0.257 e. The normalized spacial score (nSPS) is 12.7. The summed E-state index contributed by atoms with van der Waals surface area (Å²) < 4.78 is 18.5. The lowest BCUT2D eigenvalue weighted by Crippen LogP contribution is -2.18. The first-order chi connectivity index (χ1) is 8.06. The molecule has 2 N–H and O–H groups in total. The van der Waals surface area contributed by atoms with Crippen molar-refractivity contribution in [3.05, 3.63) is 34.3 Å². The van der Waals surface area contributed by atoms with E-state index in [1.54, 1.807) is 12.1 Å². The molecule has 0 fully saturated rings. The van der Waals surface area contributed by atoms with Gasteiger partial charge >= 0.3 is 0 Å². The van der Waals surface area contributed by atoms with E-state index < -0.39 is 0 Å². The van der Waals surface area contributed by atoms with Crippen molar-refractivity contribution in [1.29, 1.82) is 0 Å². The predicted molar refractivity (Wildman–Crippen MR) is 64.7 cm³/mol. The van der Waals surface area contributed by atoms with Crippen molar-refractivity contribution in [3.8, 4) is 11.5 Å². The summed E-state index contributed by atoms with van der Waals surface area (Å²) in [7, 11) is 0. The van der Waals surface area contributed by atoms with Gasteiger partial charge in [0.2, 0.25) is 0 Å². The monoisotopic (exact) mass is 299 g/mol. The minimum absolute atomic E-state index is 0.0274. The van der Waals surface area contributed by atoms with E-state index in [1.807, 2.05) is 6.92 Å². The third kappa shape index (κ3) is 2.89. The number of aromatic nitrogens is 2. The lowest BCUT2D eigenvalue weighted by Gasteiger charge is -1.98. The largest absolute Gasteiger partial charge is 0.334 e. The fourth-order valence-electron chi connectivity index (χ4n) is 1.37. The van der Waals surface area contributed by atoms with Gasteiger partial charge in [-0.1, -0.05) is 5.16 Å². The Balaban J connectivity index is 2.27. The minimum atomic E-state index is -0.330. The summed E-state index contributed by atoms with van der Waals surface area (Å²) in [6, 6.07) is 4.50. The van der Waals surface area contributed by atoms with Crippen LogP contribution in [0, 0.1) is 5.82 Å². The molecular weight excluding hydrogens is 289 g/mol. The maximum absolute atomic E-state index is 13.1. The molecule has 1 unspecified atom stereocenters. The molecule has 0 amide bonds. The molecule has 6 heteroatoms. The minimum Gasteiger partial charge on any atom is -0.334 e. The number of halogens is 2. The molecule has 0 bridgehead atoms. The Morgan fingerprint density at radius 3 is 2.94 bits per heavy atom. The molecule has 0 spiro atoms. The van der Waals surface area contributed by atoms with E-state index in [-0.39, 0.29) is 11.9 Å². The third-order valence-corrected chi connectivity index (χ3v) is 2.75. The van der Waals surface area contributed by atoms with Crippen LogP contribution in [-0.4, -0.2) is 16.2 Å². The van der Waals surface area contributed by atoms with Crippen molar-refractivity contribution in [3.63, 3.8) is 0 Å². The quantitative estimate of drug-likeness (QED) is 0.946. The molecule has 17 heavy (non-hydrogen) atoms. The zero-order valence-corrected chi connectivity index (χ0v) is 10.7. The van der Waals surface area contributed by atoms with Gasteiger partial charge in [-0.25, -0.2) is 4.39 Å². The molecule has 4 nitrogen and oxygen atoms in total. The van der Waals surface area contributed by atoms with Gasteiger partial charge in [-0.05, 0) is 41.1 Å². The Morgan fingerprint density at radius 1 is 1.53 bits per heavy atom. The third-order valence-electron chi connectivity index (χ3n) is 2.14. The topological polar surface area (TPSA) is 64.9 Å². The number of nitrogens with two attached hydrogens (primary N) is 1. The Labute approximate surface area is 106 Å². The first-order valence-corrected chi connectivity index (χ1v) is 5.89. The van der Waals surface area contributed by atoms with Crippen LogP contribution in [0.4, 0.5) is 4.39 Å². The molecule has 1 heterocycles. The molecule has 2 rings (SSSR count). The highest BCUT2D eigenvalue weighted by Crippen LogP contribution is 2.23. The van der Waals surface area contributed by atoms with Crippen molar-refractivity contribution in [2.45, 2.75) is 19.4 Å². The Bertz CT molecular complexity index is 527. The van der Waals surface area contributed by atoms with Crippen LogP contribution >= 0.6 is 15.9 Å². The zero-order valence-electron chi connectivity index (χ0n) is 9.15. The number of hydrogen-bond acceptors (Lipinski definition) is 4. The first kappa shape index (κ1) is 12.2. The van der Waals surface area contributed by atoms with Gasteiger partial charge in [0.15, 0.2) is 5.82 Å². The van der Waals surface area contributed by atoms with E-state index in [1.165, 1.54) is 6.07 Å². The van der Waals surface area contributed by atoms with Gasteiger partial charge in [0, 0.05) is 18.0 Å². The first-order valence-electron chi connectivity index (χ1n) is 5.10. The second-order valence-corrected chi connectivity index (χ2v) is 4.68. The van der Waals surface area contributed by atoms with E-state index in [0.29, 0.717) is 28.2 Å². The highest BCUT2D eigenvalue weighted by molar-refractivity contribution is 9.10. The molecule has 0 saturated carbocycles. The van der Waals surface area contributed by atoms with Crippen molar-refractivity contribution in [1.82, 2.24) is 10.1 Å². The SMILES string of the molecule is CC(N)Cc1noc(-c2ccc(F)c(Br)c2)n1. The zero-order chi connectivity index (χ0) is 12.4. The van der Waals surface area contributed by atoms with Crippen LogP contribution < -0.4 is 5.73 Å². The Kier molecular flexibility index (Phi) is 3.54. The van der Waals surface area contributed by atoms with E-state index in [9.17, 15) is 4.39 Å². The van der Waals surface area contributed by atoms with E-state index in [2.05, 4.69) is 26.1 Å². The van der Waals surface area contributed by atoms with Gasteiger partial charge < -0.3 is 10.3 Å². The fourth-order valence-corrected chi connectivity index (χ4v) is 1.75. The molecular formula is C11H11BrFN3O. The molecule has 1 atom stereocenters. The standard InChI is InChI=1S/C11H11BrFN3O/c1-6(14)4-10-15-11(17-16-10)7-2-3-9(13)8(12)5-7/h2-3,5-6H,4,14H2,1H3. The molecule has 90 valence electrons. The number of benzene rings is 1. The van der Waals surface area contributed by atoms with Crippen LogP contribution in [-0.2, 0) is 6.42 Å². The molecule has 0 aliphatic rings. The lowest BCUT2D eigenvalue weighted by molar-refractivity contribution is 0.420. The number of nitrogens with zero attached hydrogens (tertiary/aromatic N) is 2. The maximum Gasteiger partial charge on any atom is 0.257 e. The van der Waals surface area contributed by atoms with Crippen LogP contribution in [0.2, 0.25) is 0 Å². The molecule has 2 aromatic rings. The summed E-state index contributed by atoms with van der Waals surface area (Å²) >= 11 is 3.11. The van der Waals surface area contributed by atoms with Crippen LogP contribution in [0.15, 0.2) is 27.2 Å². The van der Waals surface area contributed by atoms with Crippen LogP contribution in [0.25, 0.3) is 11.5 Å². The molecule has 0 aliphatic heterocycles. The molecule has 1 aromatic heterocycles. The van der Waals surface area contributed by atoms with Crippen molar-refractivity contribution >= 4 is 15.9 Å². The van der Waals surface area contributed by atoms with E-state index in [0.717, 1.165) is 0 Å². The molecule has 0 aliphatic carbocycles. The number of rotatable bonds is 3. The van der Waals surface area contributed by atoms with Crippen LogP contribution in [0.5, 0.6) is 0 Å². The number of hydrogen-bond donors (Lipinski definition) is 1. The van der Waals surface area contributed by atoms with Gasteiger partial charge in [-0.15, -0.1) is 0 Å². The fraction of sp³-hybridized carbons (Fsp3) is 0.273. The van der Waals surface area contributed by atoms with Gasteiger partial charge in [0.05, 0.1) is 4.47 Å². The molecule has 0 saturated heterocycles. The highest BCUT2D eigenvalue weighted by atomic mass is 79.9. The highest BCUT2D eigenvalue weighted by Gasteiger charge is 2.11. The Morgan fingerprint density at radius 2 is 2.29 bits per heavy atom. The average molecular weight is 300 g/mol. The summed E-state index contributed by atoms with van der Waals surface area (Å²) in [6.07, 6.45) is 0.547. The predicted octanol–water partition coefficient (Wildman–Crippen LogP) is 2.53. The maximum atomic E-state index is 13.1. The second-order valence-electron chi connectivity index (χ2n) is 3.83. The van der Waals surface area contributed by atoms with Crippen LogP contribution in [0.1, 0.15) is 12.7 Å². The average Bonchev–Trinajstić information content (AvgIpc) is 2.69. The summed E-state index contributed by atoms with van der Waals surface area (Å²) in [6.45, 7) is 1.87. The summed E-state index contributed by atoms with van der Waals surface area (Å²) in [5.74, 6) is 0.584. The Hall–Kier alpha value is -1.27. The van der Waals surface area contributed by atoms with Crippen molar-refractivity contribution in [2.75, 3.05) is 0 Å². The van der Waals surface area contributed by atoms with E-state index in [4.69, 9.17) is 10.3 Å². The second kappa shape index (κ2) is 4.93. The van der Waals surface area contributed by atoms with Crippen molar-refractivity contribution in [2.24, 2.45) is 5.73 Å². The summed E-state index contributed by atoms with van der Waals surface area (Å²) in [4.78, 5) is 4.19. The van der Waals surface area contributed by atoms with Gasteiger partial charge in [-0.3, -0.25) is 0 Å².